The predicted molar refractivity (Wildman–Crippen MR) is 132 cm³/mol. The lowest BCUT2D eigenvalue weighted by atomic mass is 10.0. The van der Waals surface area contributed by atoms with Crippen molar-refractivity contribution < 1.29 is 23.9 Å². The normalized spacial score (nSPS) is 16.2. The highest BCUT2D eigenvalue weighted by molar-refractivity contribution is 7.09. The van der Waals surface area contributed by atoms with Gasteiger partial charge in [0, 0.05) is 26.2 Å². The third kappa shape index (κ3) is 6.47. The van der Waals surface area contributed by atoms with Crippen LogP contribution >= 0.6 is 11.5 Å². The second kappa shape index (κ2) is 12.0. The van der Waals surface area contributed by atoms with Gasteiger partial charge in [0.25, 0.3) is 11.8 Å². The monoisotopic (exact) mass is 504 g/mol. The van der Waals surface area contributed by atoms with Crippen LogP contribution in [0.1, 0.15) is 44.6 Å². The number of methoxy groups -OCH3 is 1. The number of likely N-dealkylation sites (N-methyl/N-ethyl adjacent to an activating group) is 1. The molecule has 0 spiro atoms. The van der Waals surface area contributed by atoms with Crippen molar-refractivity contribution in [2.75, 3.05) is 53.2 Å². The Hall–Kier alpha value is -3.22. The fourth-order valence-electron chi connectivity index (χ4n) is 3.79. The minimum atomic E-state index is -0.965. The van der Waals surface area contributed by atoms with E-state index in [1.165, 1.54) is 4.90 Å². The van der Waals surface area contributed by atoms with Crippen molar-refractivity contribution >= 4 is 34.9 Å². The summed E-state index contributed by atoms with van der Waals surface area (Å²) < 4.78 is 14.8. The summed E-state index contributed by atoms with van der Waals surface area (Å²) in [6.07, 6.45) is 1.75. The smallest absolute Gasteiger partial charge is 0.270 e. The summed E-state index contributed by atoms with van der Waals surface area (Å²) in [5, 5.41) is 2.94. The van der Waals surface area contributed by atoms with Crippen molar-refractivity contribution in [2.24, 2.45) is 5.73 Å². The van der Waals surface area contributed by atoms with Crippen LogP contribution < -0.4 is 21.5 Å². The third-order valence-electron chi connectivity index (χ3n) is 5.72. The number of ether oxygens (including phenoxy) is 2. The number of hydrogen-bond donors (Lipinski definition) is 3. The van der Waals surface area contributed by atoms with Crippen LogP contribution in [0.4, 0.5) is 5.69 Å². The first kappa shape index (κ1) is 26.4. The predicted octanol–water partition coefficient (Wildman–Crippen LogP) is 0.873. The van der Waals surface area contributed by atoms with Crippen LogP contribution in [0.2, 0.25) is 0 Å². The van der Waals surface area contributed by atoms with Crippen molar-refractivity contribution in [2.45, 2.75) is 25.0 Å². The zero-order chi connectivity index (χ0) is 25.5. The largest absolute Gasteiger partial charge is 0.497 e. The van der Waals surface area contributed by atoms with Crippen LogP contribution in [0.25, 0.3) is 0 Å². The Morgan fingerprint density at radius 1 is 1.26 bits per heavy atom. The Labute approximate surface area is 208 Å². The molecule has 0 bridgehead atoms. The summed E-state index contributed by atoms with van der Waals surface area (Å²) in [4.78, 5) is 42.3. The van der Waals surface area contributed by atoms with Gasteiger partial charge in [-0.3, -0.25) is 14.4 Å². The molecule has 0 unspecified atom stereocenters. The van der Waals surface area contributed by atoms with Crippen LogP contribution in [0.15, 0.2) is 24.3 Å². The third-order valence-corrected chi connectivity index (χ3v) is 6.58. The summed E-state index contributed by atoms with van der Waals surface area (Å²) in [7, 11) is 5.29. The summed E-state index contributed by atoms with van der Waals surface area (Å²) in [5.74, 6) is -1.06. The molecule has 3 rings (SSSR count). The molecule has 0 saturated carbocycles. The summed E-state index contributed by atoms with van der Waals surface area (Å²) in [5.41, 5.74) is 11.7. The fraction of sp³-hybridized carbons (Fsp3) is 0.478. The van der Waals surface area contributed by atoms with Gasteiger partial charge in [-0.05, 0) is 56.2 Å². The van der Waals surface area contributed by atoms with E-state index in [2.05, 4.69) is 9.69 Å². The minimum absolute atomic E-state index is 0.0583. The number of primary amides is 1. The maximum absolute atomic E-state index is 13.7. The first-order valence-electron chi connectivity index (χ1n) is 11.3. The van der Waals surface area contributed by atoms with Crippen molar-refractivity contribution in [3.8, 4) is 5.75 Å². The maximum atomic E-state index is 13.7. The lowest BCUT2D eigenvalue weighted by molar-refractivity contribution is -0.126. The Kier molecular flexibility index (Phi) is 9.01. The molecule has 1 aromatic carbocycles. The second-order valence-corrected chi connectivity index (χ2v) is 9.27. The van der Waals surface area contributed by atoms with Crippen molar-refractivity contribution in [1.29, 1.82) is 0 Å². The Balaban J connectivity index is 1.99. The number of nitrogens with two attached hydrogens (primary N) is 2. The first-order chi connectivity index (χ1) is 16.7. The highest BCUT2D eigenvalue weighted by Gasteiger charge is 2.35. The highest BCUT2D eigenvalue weighted by Crippen LogP contribution is 2.29. The molecule has 1 saturated heterocycles. The molecule has 1 aromatic heterocycles. The summed E-state index contributed by atoms with van der Waals surface area (Å²) >= 11 is 0.787. The number of nitrogen functional groups attached to an aromatic ring is 1. The molecule has 0 aliphatic carbocycles. The minimum Gasteiger partial charge on any atom is -0.497 e. The molecule has 190 valence electrons. The van der Waals surface area contributed by atoms with E-state index < -0.39 is 17.9 Å². The molecule has 1 aliphatic heterocycles. The van der Waals surface area contributed by atoms with E-state index in [-0.39, 0.29) is 34.8 Å². The molecule has 3 amide bonds. The van der Waals surface area contributed by atoms with E-state index in [0.29, 0.717) is 31.0 Å². The maximum Gasteiger partial charge on any atom is 0.270 e. The molecular weight excluding hydrogens is 472 g/mol. The van der Waals surface area contributed by atoms with E-state index in [4.69, 9.17) is 20.9 Å². The average Bonchev–Trinajstić information content (AvgIpc) is 3.49. The van der Waals surface area contributed by atoms with Gasteiger partial charge in [-0.15, -0.1) is 0 Å². The fourth-order valence-corrected chi connectivity index (χ4v) is 4.55. The molecule has 1 aliphatic rings. The molecule has 2 heterocycles. The highest BCUT2D eigenvalue weighted by atomic mass is 32.1. The Bertz CT molecular complexity index is 1040. The average molecular weight is 505 g/mol. The molecule has 0 radical (unpaired) electrons. The van der Waals surface area contributed by atoms with Gasteiger partial charge in [0.05, 0.1) is 18.9 Å². The summed E-state index contributed by atoms with van der Waals surface area (Å²) in [6, 6.07) is 5.99. The van der Waals surface area contributed by atoms with E-state index in [9.17, 15) is 14.4 Å². The number of benzene rings is 1. The number of carbonyl (C=O) groups excluding carboxylic acids is 3. The van der Waals surface area contributed by atoms with Crippen LogP contribution in [-0.2, 0) is 9.53 Å². The second-order valence-electron chi connectivity index (χ2n) is 8.50. The number of amides is 3. The van der Waals surface area contributed by atoms with Crippen LogP contribution in [0.3, 0.4) is 0 Å². The number of carbonyl (C=O) groups is 3. The van der Waals surface area contributed by atoms with Crippen molar-refractivity contribution in [3.05, 3.63) is 40.4 Å². The van der Waals surface area contributed by atoms with Gasteiger partial charge in [-0.1, -0.05) is 12.1 Å². The van der Waals surface area contributed by atoms with E-state index in [1.807, 2.05) is 19.0 Å². The number of nitrogens with zero attached hydrogens (tertiary/aromatic N) is 3. The number of anilines is 1. The standard InChI is InChI=1S/C23H32N6O5S/c1-28(2)10-11-29(23(32)20-17(24)18(21(25)30)27-35-20)19(14-6-8-15(33-3)9-7-14)22(31)26-13-16-5-4-12-34-16/h6-9,16,19H,4-5,10-13,24H2,1-3H3,(H2,25,30)(H,26,31)/t16-,19+/m1/s1. The zero-order valence-electron chi connectivity index (χ0n) is 20.2. The van der Waals surface area contributed by atoms with Gasteiger partial charge in [0.2, 0.25) is 5.91 Å². The van der Waals surface area contributed by atoms with E-state index in [0.717, 1.165) is 24.4 Å². The number of hydrogen-bond acceptors (Lipinski definition) is 9. The lowest BCUT2D eigenvalue weighted by Gasteiger charge is -2.32. The Morgan fingerprint density at radius 3 is 2.51 bits per heavy atom. The topological polar surface area (TPSA) is 153 Å². The van der Waals surface area contributed by atoms with Crippen LogP contribution in [0.5, 0.6) is 5.75 Å². The molecular formula is C23H32N6O5S. The zero-order valence-corrected chi connectivity index (χ0v) is 21.0. The van der Waals surface area contributed by atoms with E-state index >= 15 is 0 Å². The quantitative estimate of drug-likeness (QED) is 0.407. The molecule has 1 fully saturated rings. The molecule has 12 heteroatoms. The van der Waals surface area contributed by atoms with Gasteiger partial charge >= 0.3 is 0 Å². The number of nitrogens with one attached hydrogen (secondary N) is 1. The molecule has 2 atom stereocenters. The lowest BCUT2D eigenvalue weighted by Crippen LogP contribution is -2.47. The number of aromatic nitrogens is 1. The molecule has 35 heavy (non-hydrogen) atoms. The molecule has 2 aromatic rings. The number of rotatable bonds is 11. The van der Waals surface area contributed by atoms with Gasteiger partial charge in [-0.25, -0.2) is 0 Å². The van der Waals surface area contributed by atoms with E-state index in [1.54, 1.807) is 31.4 Å². The molecule has 5 N–H and O–H groups in total. The first-order valence-corrected chi connectivity index (χ1v) is 12.0. The molecule has 11 nitrogen and oxygen atoms in total. The van der Waals surface area contributed by atoms with Crippen molar-refractivity contribution in [3.63, 3.8) is 0 Å². The van der Waals surface area contributed by atoms with Crippen molar-refractivity contribution in [1.82, 2.24) is 19.5 Å². The van der Waals surface area contributed by atoms with Gasteiger partial charge in [0.1, 0.15) is 16.7 Å². The van der Waals surface area contributed by atoms with Crippen LogP contribution in [0, 0.1) is 0 Å². The van der Waals surface area contributed by atoms with Gasteiger partial charge in [0.15, 0.2) is 5.69 Å². The Morgan fingerprint density at radius 2 is 1.97 bits per heavy atom. The summed E-state index contributed by atoms with van der Waals surface area (Å²) in [6.45, 7) is 1.72. The SMILES string of the molecule is COc1ccc([C@@H](C(=O)NC[C@H]2CCCO2)N(CCN(C)C)C(=O)c2snc(C(N)=O)c2N)cc1. The van der Waals surface area contributed by atoms with Gasteiger partial charge in [-0.2, -0.15) is 4.37 Å². The van der Waals surface area contributed by atoms with Crippen LogP contribution in [-0.4, -0.2) is 85.4 Å². The van der Waals surface area contributed by atoms with Gasteiger partial charge < -0.3 is 36.1 Å².